The van der Waals surface area contributed by atoms with Crippen LogP contribution < -0.4 is 0 Å². The first kappa shape index (κ1) is 12.5. The number of amides is 2. The van der Waals surface area contributed by atoms with Crippen LogP contribution in [0.1, 0.15) is 23.2 Å². The molecule has 7 heteroatoms. The molecule has 0 aliphatic carbocycles. The van der Waals surface area contributed by atoms with Gasteiger partial charge in [0.15, 0.2) is 0 Å². The molecule has 1 fully saturated rings. The molecule has 1 aromatic carbocycles. The van der Waals surface area contributed by atoms with E-state index >= 15 is 0 Å². The summed E-state index contributed by atoms with van der Waals surface area (Å²) in [6.07, 6.45) is 0.874. The molecule has 0 spiro atoms. The molecule has 2 amide bonds. The predicted molar refractivity (Wildman–Crippen MR) is 63.4 cm³/mol. The first-order valence-corrected chi connectivity index (χ1v) is 5.67. The van der Waals surface area contributed by atoms with E-state index in [0.717, 1.165) is 11.0 Å². The second-order valence-corrected chi connectivity index (χ2v) is 4.31. The zero-order chi connectivity index (χ0) is 13.3. The van der Waals surface area contributed by atoms with Gasteiger partial charge in [0.1, 0.15) is 5.56 Å². The van der Waals surface area contributed by atoms with E-state index in [4.69, 9.17) is 11.6 Å². The van der Waals surface area contributed by atoms with Crippen LogP contribution in [0.15, 0.2) is 18.2 Å². The number of rotatable bonds is 2. The third kappa shape index (κ3) is 2.19. The van der Waals surface area contributed by atoms with E-state index in [1.807, 2.05) is 0 Å². The summed E-state index contributed by atoms with van der Waals surface area (Å²) in [5.41, 5.74) is -0.494. The van der Waals surface area contributed by atoms with E-state index in [1.165, 1.54) is 12.1 Å². The van der Waals surface area contributed by atoms with Crippen LogP contribution in [0.4, 0.5) is 5.69 Å². The predicted octanol–water partition coefficient (Wildman–Crippen LogP) is 2.01. The number of carbonyl (C=O) groups is 2. The molecule has 1 aromatic rings. The summed E-state index contributed by atoms with van der Waals surface area (Å²) < 4.78 is 0. The first-order chi connectivity index (χ1) is 8.50. The Morgan fingerprint density at radius 2 is 2.17 bits per heavy atom. The lowest BCUT2D eigenvalue weighted by Gasteiger charge is -2.13. The fourth-order valence-electron chi connectivity index (χ4n) is 1.85. The van der Waals surface area contributed by atoms with Crippen LogP contribution in [0.3, 0.4) is 0 Å². The Morgan fingerprint density at radius 1 is 1.44 bits per heavy atom. The smallest absolute Gasteiger partial charge is 0.278 e. The first-order valence-electron chi connectivity index (χ1n) is 5.29. The minimum atomic E-state index is -0.663. The summed E-state index contributed by atoms with van der Waals surface area (Å²) in [4.78, 5) is 34.7. The van der Waals surface area contributed by atoms with Crippen LogP contribution in [0.25, 0.3) is 0 Å². The molecule has 18 heavy (non-hydrogen) atoms. The van der Waals surface area contributed by atoms with Crippen LogP contribution in [-0.2, 0) is 4.79 Å². The number of hydrogen-bond acceptors (Lipinski definition) is 4. The van der Waals surface area contributed by atoms with Crippen molar-refractivity contribution in [1.82, 2.24) is 4.90 Å². The van der Waals surface area contributed by atoms with Gasteiger partial charge in [0.2, 0.25) is 5.91 Å². The van der Waals surface area contributed by atoms with Gasteiger partial charge >= 0.3 is 0 Å². The van der Waals surface area contributed by atoms with E-state index in [-0.39, 0.29) is 22.2 Å². The monoisotopic (exact) mass is 268 g/mol. The molecular formula is C11H9ClN2O4. The third-order valence-corrected chi connectivity index (χ3v) is 2.94. The molecule has 1 aliphatic rings. The Labute approximate surface area is 107 Å². The van der Waals surface area contributed by atoms with Crippen LogP contribution >= 0.6 is 11.6 Å². The number of likely N-dealkylation sites (tertiary alicyclic amines) is 1. The zero-order valence-corrected chi connectivity index (χ0v) is 10.0. The molecule has 1 heterocycles. The highest BCUT2D eigenvalue weighted by atomic mass is 35.5. The Balaban J connectivity index is 2.43. The molecule has 0 bridgehead atoms. The normalized spacial score (nSPS) is 14.9. The summed E-state index contributed by atoms with van der Waals surface area (Å²) in [6, 6.07) is 3.71. The molecule has 2 rings (SSSR count). The number of benzene rings is 1. The maximum absolute atomic E-state index is 12.1. The summed E-state index contributed by atoms with van der Waals surface area (Å²) in [6.45, 7) is 0.293. The van der Waals surface area contributed by atoms with Gasteiger partial charge < -0.3 is 0 Å². The summed E-state index contributed by atoms with van der Waals surface area (Å²) in [5.74, 6) is -0.971. The number of nitrogens with zero attached hydrogens (tertiary/aromatic N) is 2. The number of hydrogen-bond donors (Lipinski definition) is 0. The molecule has 0 aromatic heterocycles. The minimum Gasteiger partial charge on any atom is -0.278 e. The van der Waals surface area contributed by atoms with Crippen molar-refractivity contribution in [3.05, 3.63) is 38.9 Å². The number of imide groups is 1. The molecule has 6 nitrogen and oxygen atoms in total. The second kappa shape index (κ2) is 4.73. The lowest BCUT2D eigenvalue weighted by molar-refractivity contribution is -0.385. The molecule has 0 radical (unpaired) electrons. The maximum atomic E-state index is 12.1. The quantitative estimate of drug-likeness (QED) is 0.467. The Hall–Kier alpha value is -1.95. The summed E-state index contributed by atoms with van der Waals surface area (Å²) >= 11 is 5.73. The van der Waals surface area contributed by atoms with Gasteiger partial charge in [-0.2, -0.15) is 0 Å². The van der Waals surface area contributed by atoms with Crippen LogP contribution in [0.2, 0.25) is 5.02 Å². The minimum absolute atomic E-state index is 0.150. The van der Waals surface area contributed by atoms with Crippen LogP contribution in [0, 0.1) is 10.1 Å². The number of halogens is 1. The highest BCUT2D eigenvalue weighted by Crippen LogP contribution is 2.25. The van der Waals surface area contributed by atoms with Crippen LogP contribution in [0.5, 0.6) is 0 Å². The van der Waals surface area contributed by atoms with Crippen molar-refractivity contribution in [2.75, 3.05) is 6.54 Å². The molecule has 0 atom stereocenters. The van der Waals surface area contributed by atoms with E-state index in [2.05, 4.69) is 0 Å². The topological polar surface area (TPSA) is 80.5 Å². The van der Waals surface area contributed by atoms with E-state index < -0.39 is 10.8 Å². The van der Waals surface area contributed by atoms with Gasteiger partial charge in [-0.15, -0.1) is 0 Å². The van der Waals surface area contributed by atoms with Crippen molar-refractivity contribution in [3.8, 4) is 0 Å². The van der Waals surface area contributed by atoms with Gasteiger partial charge in [-0.05, 0) is 18.6 Å². The summed E-state index contributed by atoms with van der Waals surface area (Å²) in [7, 11) is 0. The van der Waals surface area contributed by atoms with Crippen molar-refractivity contribution >= 4 is 29.1 Å². The highest BCUT2D eigenvalue weighted by molar-refractivity contribution is 6.31. The third-order valence-electron chi connectivity index (χ3n) is 2.70. The SMILES string of the molecule is O=C1CCCN1C(=O)c1cc(Cl)ccc1[N+](=O)[O-]. The van der Waals surface area contributed by atoms with Gasteiger partial charge in [-0.3, -0.25) is 24.6 Å². The second-order valence-electron chi connectivity index (χ2n) is 3.87. The molecular weight excluding hydrogens is 260 g/mol. The molecule has 1 saturated heterocycles. The molecule has 0 unspecified atom stereocenters. The van der Waals surface area contributed by atoms with Gasteiger partial charge in [-0.1, -0.05) is 11.6 Å². The van der Waals surface area contributed by atoms with Crippen molar-refractivity contribution in [2.24, 2.45) is 0 Å². The fraction of sp³-hybridized carbons (Fsp3) is 0.273. The van der Waals surface area contributed by atoms with E-state index in [1.54, 1.807) is 0 Å². The van der Waals surface area contributed by atoms with Gasteiger partial charge in [0, 0.05) is 24.1 Å². The molecule has 0 saturated carbocycles. The van der Waals surface area contributed by atoms with Gasteiger partial charge in [0.25, 0.3) is 11.6 Å². The maximum Gasteiger partial charge on any atom is 0.282 e. The number of carbonyl (C=O) groups excluding carboxylic acids is 2. The van der Waals surface area contributed by atoms with Gasteiger partial charge in [0.05, 0.1) is 4.92 Å². The van der Waals surface area contributed by atoms with E-state index in [9.17, 15) is 19.7 Å². The molecule has 94 valence electrons. The van der Waals surface area contributed by atoms with Crippen molar-refractivity contribution in [2.45, 2.75) is 12.8 Å². The van der Waals surface area contributed by atoms with Crippen LogP contribution in [-0.4, -0.2) is 28.2 Å². The average Bonchev–Trinajstić information content (AvgIpc) is 2.74. The lowest BCUT2D eigenvalue weighted by atomic mass is 10.1. The molecule has 0 N–H and O–H groups in total. The molecule has 1 aliphatic heterocycles. The fourth-order valence-corrected chi connectivity index (χ4v) is 2.02. The highest BCUT2D eigenvalue weighted by Gasteiger charge is 2.31. The van der Waals surface area contributed by atoms with E-state index in [0.29, 0.717) is 19.4 Å². The Bertz CT molecular complexity index is 544. The Morgan fingerprint density at radius 3 is 2.72 bits per heavy atom. The lowest BCUT2D eigenvalue weighted by Crippen LogP contribution is -2.32. The van der Waals surface area contributed by atoms with Crippen molar-refractivity contribution in [3.63, 3.8) is 0 Å². The average molecular weight is 269 g/mol. The number of nitro groups is 1. The van der Waals surface area contributed by atoms with Crippen molar-refractivity contribution in [1.29, 1.82) is 0 Å². The number of nitro benzene ring substituents is 1. The van der Waals surface area contributed by atoms with Crippen molar-refractivity contribution < 1.29 is 14.5 Å². The van der Waals surface area contributed by atoms with Gasteiger partial charge in [-0.25, -0.2) is 0 Å². The standard InChI is InChI=1S/C11H9ClN2O4/c12-7-3-4-9(14(17)18)8(6-7)11(16)13-5-1-2-10(13)15/h3-4,6H,1-2,5H2. The zero-order valence-electron chi connectivity index (χ0n) is 9.26. The largest absolute Gasteiger partial charge is 0.282 e. The Kier molecular flexibility index (Phi) is 3.29. The summed E-state index contributed by atoms with van der Waals surface area (Å²) in [5, 5.41) is 11.1.